The summed E-state index contributed by atoms with van der Waals surface area (Å²) in [7, 11) is 0. The van der Waals surface area contributed by atoms with E-state index in [9.17, 15) is 9.59 Å². The molecule has 0 saturated carbocycles. The fraction of sp³-hybridized carbons (Fsp3) is 0.143. The van der Waals surface area contributed by atoms with Crippen LogP contribution in [0.3, 0.4) is 0 Å². The maximum atomic E-state index is 11.9. The molecule has 3 aromatic rings. The zero-order valence-corrected chi connectivity index (χ0v) is 11.6. The Labute approximate surface area is 112 Å². The van der Waals surface area contributed by atoms with Crippen molar-refractivity contribution >= 4 is 54.4 Å². The maximum Gasteiger partial charge on any atom is 0.161 e. The normalized spacial score (nSPS) is 11.2. The van der Waals surface area contributed by atoms with Crippen LogP contribution in [-0.2, 0) is 0 Å². The molecule has 1 aromatic carbocycles. The van der Waals surface area contributed by atoms with Gasteiger partial charge < -0.3 is 0 Å². The molecule has 3 rings (SSSR count). The quantitative estimate of drug-likeness (QED) is 0.644. The first kappa shape index (κ1) is 11.6. The molecule has 0 unspecified atom stereocenters. The number of hydrogen-bond acceptors (Lipinski definition) is 4. The lowest BCUT2D eigenvalue weighted by Crippen LogP contribution is -2.05. The van der Waals surface area contributed by atoms with Crippen molar-refractivity contribution in [1.82, 2.24) is 0 Å². The van der Waals surface area contributed by atoms with E-state index in [4.69, 9.17) is 0 Å². The number of benzene rings is 1. The first-order valence-electron chi connectivity index (χ1n) is 5.53. The third-order valence-electron chi connectivity index (χ3n) is 3.03. The maximum absolute atomic E-state index is 11.9. The Morgan fingerprint density at radius 1 is 0.833 bits per heavy atom. The Bertz CT molecular complexity index is 725. The molecule has 2 aromatic heterocycles. The summed E-state index contributed by atoms with van der Waals surface area (Å²) in [5, 5.41) is 5.76. The Balaban J connectivity index is 2.66. The number of carbonyl (C=O) groups excluding carboxylic acids is 2. The minimum Gasteiger partial charge on any atom is -0.294 e. The summed E-state index contributed by atoms with van der Waals surface area (Å²) >= 11 is 3.24. The molecule has 18 heavy (non-hydrogen) atoms. The lowest BCUT2D eigenvalue weighted by Gasteiger charge is -2.08. The van der Waals surface area contributed by atoms with Crippen molar-refractivity contribution in [3.05, 3.63) is 34.0 Å². The zero-order valence-electron chi connectivity index (χ0n) is 9.94. The van der Waals surface area contributed by atoms with Crippen molar-refractivity contribution in [2.75, 3.05) is 0 Å². The van der Waals surface area contributed by atoms with Gasteiger partial charge in [0.25, 0.3) is 0 Å². The molecular weight excluding hydrogens is 264 g/mol. The molecule has 0 aliphatic heterocycles. The van der Waals surface area contributed by atoms with E-state index in [1.54, 1.807) is 22.7 Å². The third kappa shape index (κ3) is 1.46. The molecule has 0 bridgehead atoms. The number of hydrogen-bond donors (Lipinski definition) is 0. The van der Waals surface area contributed by atoms with Crippen LogP contribution < -0.4 is 0 Å². The van der Waals surface area contributed by atoms with Gasteiger partial charge in [-0.25, -0.2) is 0 Å². The van der Waals surface area contributed by atoms with E-state index in [2.05, 4.69) is 0 Å². The number of thiophene rings is 2. The van der Waals surface area contributed by atoms with Crippen LogP contribution in [0.15, 0.2) is 22.9 Å². The third-order valence-corrected chi connectivity index (χ3v) is 5.02. The molecule has 0 amide bonds. The molecule has 0 saturated heterocycles. The second-order valence-electron chi connectivity index (χ2n) is 4.19. The molecule has 0 spiro atoms. The van der Waals surface area contributed by atoms with Gasteiger partial charge in [0.05, 0.1) is 9.40 Å². The van der Waals surface area contributed by atoms with Crippen LogP contribution in [0.2, 0.25) is 0 Å². The van der Waals surface area contributed by atoms with Crippen molar-refractivity contribution in [2.24, 2.45) is 0 Å². The van der Waals surface area contributed by atoms with Crippen molar-refractivity contribution in [3.63, 3.8) is 0 Å². The fourth-order valence-electron chi connectivity index (χ4n) is 2.36. The van der Waals surface area contributed by atoms with Crippen molar-refractivity contribution in [1.29, 1.82) is 0 Å². The molecule has 0 aliphatic carbocycles. The summed E-state index contributed by atoms with van der Waals surface area (Å²) in [5.41, 5.74) is 1.15. The minimum atomic E-state index is -0.0447. The fourth-order valence-corrected chi connectivity index (χ4v) is 4.36. The first-order valence-corrected chi connectivity index (χ1v) is 7.29. The minimum absolute atomic E-state index is 0.0447. The first-order chi connectivity index (χ1) is 8.61. The summed E-state index contributed by atoms with van der Waals surface area (Å²) in [6.45, 7) is 3.05. The van der Waals surface area contributed by atoms with Gasteiger partial charge in [0.2, 0.25) is 0 Å². The molecule has 2 heterocycles. The summed E-state index contributed by atoms with van der Waals surface area (Å²) in [5.74, 6) is -0.0894. The molecular formula is C14H10O2S2. The van der Waals surface area contributed by atoms with Crippen molar-refractivity contribution in [3.8, 4) is 0 Å². The molecule has 4 heteroatoms. The van der Waals surface area contributed by atoms with Gasteiger partial charge in [-0.3, -0.25) is 9.59 Å². The largest absolute Gasteiger partial charge is 0.294 e. The summed E-state index contributed by atoms with van der Waals surface area (Å²) in [4.78, 5) is 23.8. The van der Waals surface area contributed by atoms with Gasteiger partial charge in [0.15, 0.2) is 11.6 Å². The van der Waals surface area contributed by atoms with Gasteiger partial charge in [0, 0.05) is 21.9 Å². The highest BCUT2D eigenvalue weighted by Crippen LogP contribution is 2.39. The topological polar surface area (TPSA) is 34.1 Å². The number of carbonyl (C=O) groups is 2. The van der Waals surface area contributed by atoms with Crippen LogP contribution in [0.1, 0.15) is 34.6 Å². The Kier molecular flexibility index (Phi) is 2.57. The Hall–Kier alpha value is -1.52. The van der Waals surface area contributed by atoms with E-state index >= 15 is 0 Å². The van der Waals surface area contributed by atoms with Crippen LogP contribution in [0.25, 0.3) is 20.2 Å². The van der Waals surface area contributed by atoms with E-state index in [1.165, 1.54) is 13.8 Å². The van der Waals surface area contributed by atoms with Gasteiger partial charge in [0.1, 0.15) is 0 Å². The lowest BCUT2D eigenvalue weighted by molar-refractivity contribution is 0.0983. The van der Waals surface area contributed by atoms with Crippen molar-refractivity contribution < 1.29 is 9.59 Å². The number of fused-ring (bicyclic) bond motifs is 3. The standard InChI is InChI=1S/C14H10O2S2/c1-7(15)11-9-3-5-17-13(9)14-10(4-6-18-14)12(11)8(2)16/h3-6H,1-2H3. The van der Waals surface area contributed by atoms with Crippen molar-refractivity contribution in [2.45, 2.75) is 13.8 Å². The zero-order chi connectivity index (χ0) is 12.9. The van der Waals surface area contributed by atoms with Crippen LogP contribution in [0, 0.1) is 0 Å². The van der Waals surface area contributed by atoms with Gasteiger partial charge >= 0.3 is 0 Å². The monoisotopic (exact) mass is 274 g/mol. The summed E-state index contributed by atoms with van der Waals surface area (Å²) < 4.78 is 2.21. The van der Waals surface area contributed by atoms with Crippen LogP contribution in [0.4, 0.5) is 0 Å². The van der Waals surface area contributed by atoms with Crippen LogP contribution >= 0.6 is 22.7 Å². The number of Topliss-reactive ketones (excluding diaryl/α,β-unsaturated/α-hetero) is 2. The summed E-state index contributed by atoms with van der Waals surface area (Å²) in [6, 6.07) is 3.87. The summed E-state index contributed by atoms with van der Waals surface area (Å²) in [6.07, 6.45) is 0. The molecule has 0 N–H and O–H groups in total. The Morgan fingerprint density at radius 2 is 1.22 bits per heavy atom. The van der Waals surface area contributed by atoms with E-state index in [0.29, 0.717) is 11.1 Å². The second-order valence-corrected chi connectivity index (χ2v) is 6.02. The van der Waals surface area contributed by atoms with E-state index in [0.717, 1.165) is 20.2 Å². The Morgan fingerprint density at radius 3 is 1.56 bits per heavy atom. The predicted octanol–water partition coefficient (Wildman–Crippen LogP) is 4.52. The van der Waals surface area contributed by atoms with Crippen LogP contribution in [-0.4, -0.2) is 11.6 Å². The van der Waals surface area contributed by atoms with E-state index in [-0.39, 0.29) is 11.6 Å². The smallest absolute Gasteiger partial charge is 0.161 e. The number of rotatable bonds is 2. The molecule has 90 valence electrons. The second kappa shape index (κ2) is 4.00. The average molecular weight is 274 g/mol. The molecule has 2 nitrogen and oxygen atoms in total. The van der Waals surface area contributed by atoms with Crippen LogP contribution in [0.5, 0.6) is 0 Å². The van der Waals surface area contributed by atoms with E-state index in [1.807, 2.05) is 22.9 Å². The van der Waals surface area contributed by atoms with Gasteiger partial charge in [-0.1, -0.05) is 0 Å². The molecule has 0 aliphatic rings. The average Bonchev–Trinajstić information content (AvgIpc) is 2.93. The number of ketones is 2. The predicted molar refractivity (Wildman–Crippen MR) is 77.2 cm³/mol. The highest BCUT2D eigenvalue weighted by Gasteiger charge is 2.21. The van der Waals surface area contributed by atoms with Gasteiger partial charge in [-0.2, -0.15) is 0 Å². The molecule has 0 fully saturated rings. The van der Waals surface area contributed by atoms with Gasteiger partial charge in [-0.15, -0.1) is 22.7 Å². The highest BCUT2D eigenvalue weighted by molar-refractivity contribution is 7.25. The SMILES string of the molecule is CC(=O)c1c(C(C)=O)c2ccsc2c2sccc12. The highest BCUT2D eigenvalue weighted by atomic mass is 32.1. The molecule has 0 radical (unpaired) electrons. The van der Waals surface area contributed by atoms with Gasteiger partial charge in [-0.05, 0) is 36.7 Å². The molecule has 0 atom stereocenters. The van der Waals surface area contributed by atoms with E-state index < -0.39 is 0 Å². The lowest BCUT2D eigenvalue weighted by atomic mass is 9.95.